The highest BCUT2D eigenvalue weighted by Gasteiger charge is 2.16. The highest BCUT2D eigenvalue weighted by molar-refractivity contribution is 5.93. The number of carbonyl (C=O) groups excluding carboxylic acids is 1. The van der Waals surface area contributed by atoms with E-state index in [-0.39, 0.29) is 18.8 Å². The lowest BCUT2D eigenvalue weighted by molar-refractivity contribution is -0.147. The lowest BCUT2D eigenvalue weighted by atomic mass is 10.1. The van der Waals surface area contributed by atoms with Crippen molar-refractivity contribution in [3.63, 3.8) is 0 Å². The lowest BCUT2D eigenvalue weighted by Crippen LogP contribution is -2.28. The largest absolute Gasteiger partial charge is 0.489 e. The quantitative estimate of drug-likeness (QED) is 0.437. The van der Waals surface area contributed by atoms with E-state index in [0.29, 0.717) is 11.5 Å². The number of fused-ring (bicyclic) bond motifs is 1. The summed E-state index contributed by atoms with van der Waals surface area (Å²) >= 11 is 0. The molecule has 1 unspecified atom stereocenters. The summed E-state index contributed by atoms with van der Waals surface area (Å²) in [5, 5.41) is 19.8. The zero-order valence-corrected chi connectivity index (χ0v) is 13.4. The van der Waals surface area contributed by atoms with Gasteiger partial charge < -0.3 is 24.4 Å². The fourth-order valence-corrected chi connectivity index (χ4v) is 2.12. The van der Waals surface area contributed by atoms with Gasteiger partial charge in [0.15, 0.2) is 12.9 Å². The summed E-state index contributed by atoms with van der Waals surface area (Å²) in [4.78, 5) is 11.5. The molecule has 2 N–H and O–H groups in total. The van der Waals surface area contributed by atoms with Gasteiger partial charge in [0.2, 0.25) is 0 Å². The fraction of sp³-hybridized carbons (Fsp3) is 0.278. The lowest BCUT2D eigenvalue weighted by Gasteiger charge is -2.18. The Morgan fingerprint density at radius 1 is 1.08 bits per heavy atom. The first-order valence-corrected chi connectivity index (χ1v) is 7.42. The molecule has 1 atom stereocenters. The molecular formula is C18H20O6. The number of hydrogen-bond donors (Lipinski definition) is 2. The number of hydrogen-bond acceptors (Lipinski definition) is 6. The second-order valence-corrected chi connectivity index (χ2v) is 5.18. The van der Waals surface area contributed by atoms with Gasteiger partial charge in [0.25, 0.3) is 0 Å². The number of carbonyl (C=O) groups is 1. The van der Waals surface area contributed by atoms with Crippen LogP contribution < -0.4 is 9.47 Å². The van der Waals surface area contributed by atoms with Crippen LogP contribution in [0.4, 0.5) is 0 Å². The summed E-state index contributed by atoms with van der Waals surface area (Å²) in [7, 11) is 0. The van der Waals surface area contributed by atoms with Crippen molar-refractivity contribution >= 4 is 16.7 Å². The van der Waals surface area contributed by atoms with Crippen LogP contribution in [0.2, 0.25) is 0 Å². The van der Waals surface area contributed by atoms with Crippen LogP contribution in [0, 0.1) is 0 Å². The third-order valence-corrected chi connectivity index (χ3v) is 3.31. The molecule has 128 valence electrons. The minimum absolute atomic E-state index is 0.000280. The van der Waals surface area contributed by atoms with Crippen LogP contribution in [0.5, 0.6) is 11.5 Å². The van der Waals surface area contributed by atoms with Crippen LogP contribution in [-0.2, 0) is 9.53 Å². The van der Waals surface area contributed by atoms with E-state index in [1.54, 1.807) is 12.1 Å². The van der Waals surface area contributed by atoms with E-state index >= 15 is 0 Å². The van der Waals surface area contributed by atoms with E-state index in [1.165, 1.54) is 6.92 Å². The van der Waals surface area contributed by atoms with E-state index in [2.05, 4.69) is 6.58 Å². The molecule has 0 saturated carbocycles. The number of rotatable bonds is 8. The minimum atomic E-state index is -0.790. The summed E-state index contributed by atoms with van der Waals surface area (Å²) in [6.07, 6.45) is -0.790. The van der Waals surface area contributed by atoms with E-state index in [4.69, 9.17) is 19.3 Å². The molecule has 24 heavy (non-hydrogen) atoms. The van der Waals surface area contributed by atoms with Gasteiger partial charge in [0.05, 0.1) is 6.61 Å². The number of benzene rings is 2. The van der Waals surface area contributed by atoms with E-state index in [1.807, 2.05) is 24.3 Å². The number of ether oxygens (including phenoxy) is 3. The summed E-state index contributed by atoms with van der Waals surface area (Å²) in [5.41, 5.74) is 0.254. The fourth-order valence-electron chi connectivity index (χ4n) is 2.12. The first kappa shape index (κ1) is 17.8. The summed E-state index contributed by atoms with van der Waals surface area (Å²) in [6, 6.07) is 10.8. The molecule has 0 aliphatic heterocycles. The van der Waals surface area contributed by atoms with Crippen molar-refractivity contribution in [3.05, 3.63) is 48.6 Å². The Labute approximate surface area is 139 Å². The summed E-state index contributed by atoms with van der Waals surface area (Å²) in [6.45, 7) is 4.25. The van der Waals surface area contributed by atoms with E-state index < -0.39 is 18.9 Å². The summed E-state index contributed by atoms with van der Waals surface area (Å²) in [5.74, 6) is 0.516. The van der Waals surface area contributed by atoms with Crippen LogP contribution in [0.1, 0.15) is 6.92 Å². The van der Waals surface area contributed by atoms with Gasteiger partial charge in [-0.2, -0.15) is 0 Å². The zero-order valence-electron chi connectivity index (χ0n) is 13.4. The molecule has 0 saturated heterocycles. The van der Waals surface area contributed by atoms with Crippen LogP contribution in [0.25, 0.3) is 10.8 Å². The standard InChI is InChI=1S/C18H20O6/c1-12(2)18(21)24-13(9-19)10-22-16-7-8-17(23-11-20)15-6-4-3-5-14(15)16/h3-8,13,19-20H,1,9-11H2,2H3. The van der Waals surface area contributed by atoms with Gasteiger partial charge in [-0.15, -0.1) is 0 Å². The number of aliphatic hydroxyl groups excluding tert-OH is 2. The molecule has 0 amide bonds. The highest BCUT2D eigenvalue weighted by atomic mass is 16.6. The molecule has 0 aliphatic carbocycles. The molecule has 2 aromatic rings. The Bertz CT molecular complexity index is 725. The molecule has 2 aromatic carbocycles. The minimum Gasteiger partial charge on any atom is -0.489 e. The average molecular weight is 332 g/mol. The third-order valence-electron chi connectivity index (χ3n) is 3.31. The molecule has 0 radical (unpaired) electrons. The van der Waals surface area contributed by atoms with Crippen LogP contribution in [-0.4, -0.2) is 42.3 Å². The second-order valence-electron chi connectivity index (χ2n) is 5.18. The van der Waals surface area contributed by atoms with Crippen LogP contribution >= 0.6 is 0 Å². The van der Waals surface area contributed by atoms with Crippen molar-refractivity contribution in [1.29, 1.82) is 0 Å². The molecule has 2 rings (SSSR count). The van der Waals surface area contributed by atoms with Crippen molar-refractivity contribution in [3.8, 4) is 11.5 Å². The van der Waals surface area contributed by atoms with Crippen LogP contribution in [0.15, 0.2) is 48.6 Å². The maximum absolute atomic E-state index is 11.5. The topological polar surface area (TPSA) is 85.2 Å². The Balaban J connectivity index is 2.16. The summed E-state index contributed by atoms with van der Waals surface area (Å²) < 4.78 is 16.0. The normalized spacial score (nSPS) is 11.8. The van der Waals surface area contributed by atoms with Gasteiger partial charge in [-0.1, -0.05) is 30.8 Å². The van der Waals surface area contributed by atoms with Crippen molar-refractivity contribution in [2.45, 2.75) is 13.0 Å². The molecule has 0 aromatic heterocycles. The number of aliphatic hydroxyl groups is 2. The second kappa shape index (κ2) is 8.33. The molecule has 0 fully saturated rings. The van der Waals surface area contributed by atoms with Crippen molar-refractivity contribution in [2.75, 3.05) is 20.0 Å². The van der Waals surface area contributed by atoms with Crippen molar-refractivity contribution in [2.24, 2.45) is 0 Å². The highest BCUT2D eigenvalue weighted by Crippen LogP contribution is 2.33. The number of esters is 1. The van der Waals surface area contributed by atoms with Gasteiger partial charge in [0.1, 0.15) is 18.1 Å². The molecule has 0 heterocycles. The third kappa shape index (κ3) is 4.24. The predicted octanol–water partition coefficient (Wildman–Crippen LogP) is 2.03. The van der Waals surface area contributed by atoms with Gasteiger partial charge in [-0.25, -0.2) is 4.79 Å². The Morgan fingerprint density at radius 3 is 2.17 bits per heavy atom. The SMILES string of the molecule is C=C(C)C(=O)OC(CO)COc1ccc(OCO)c2ccccc12. The average Bonchev–Trinajstić information content (AvgIpc) is 2.59. The Hall–Kier alpha value is -2.57. The molecular weight excluding hydrogens is 312 g/mol. The molecule has 0 aliphatic rings. The van der Waals surface area contributed by atoms with Gasteiger partial charge in [-0.05, 0) is 19.1 Å². The predicted molar refractivity (Wildman–Crippen MR) is 88.9 cm³/mol. The first-order chi connectivity index (χ1) is 11.6. The first-order valence-electron chi connectivity index (χ1n) is 7.42. The molecule has 0 spiro atoms. The monoisotopic (exact) mass is 332 g/mol. The van der Waals surface area contributed by atoms with Gasteiger partial charge >= 0.3 is 5.97 Å². The van der Waals surface area contributed by atoms with Crippen LogP contribution in [0.3, 0.4) is 0 Å². The Kier molecular flexibility index (Phi) is 6.17. The van der Waals surface area contributed by atoms with Crippen molar-refractivity contribution in [1.82, 2.24) is 0 Å². The van der Waals surface area contributed by atoms with Gasteiger partial charge in [0, 0.05) is 16.3 Å². The maximum atomic E-state index is 11.5. The smallest absolute Gasteiger partial charge is 0.333 e. The van der Waals surface area contributed by atoms with Crippen molar-refractivity contribution < 1.29 is 29.2 Å². The molecule has 6 heteroatoms. The van der Waals surface area contributed by atoms with Gasteiger partial charge in [-0.3, -0.25) is 0 Å². The maximum Gasteiger partial charge on any atom is 0.333 e. The van der Waals surface area contributed by atoms with E-state index in [0.717, 1.165) is 10.8 Å². The molecule has 6 nitrogen and oxygen atoms in total. The molecule has 0 bridgehead atoms. The van der Waals surface area contributed by atoms with E-state index in [9.17, 15) is 9.90 Å². The Morgan fingerprint density at radius 2 is 1.67 bits per heavy atom. The zero-order chi connectivity index (χ0) is 17.5.